The molecule has 1 aromatic heterocycles. The van der Waals surface area contributed by atoms with Crippen molar-refractivity contribution in [1.82, 2.24) is 20.3 Å². The fourth-order valence-electron chi connectivity index (χ4n) is 4.61. The number of pyridine rings is 1. The lowest BCUT2D eigenvalue weighted by Crippen LogP contribution is -2.45. The molecule has 1 aliphatic carbocycles. The van der Waals surface area contributed by atoms with Crippen LogP contribution >= 0.6 is 0 Å². The minimum absolute atomic E-state index is 0.187. The zero-order valence-corrected chi connectivity index (χ0v) is 13.8. The van der Waals surface area contributed by atoms with Crippen molar-refractivity contribution >= 4 is 11.8 Å². The maximum atomic E-state index is 11.7. The number of hydroxylamine groups is 1. The van der Waals surface area contributed by atoms with Crippen molar-refractivity contribution in [3.8, 4) is 0 Å². The molecule has 0 aromatic carbocycles. The second kappa shape index (κ2) is 5.53. The first-order valence-electron chi connectivity index (χ1n) is 8.41. The molecule has 2 bridgehead atoms. The van der Waals surface area contributed by atoms with Crippen molar-refractivity contribution in [2.75, 3.05) is 19.6 Å². The Bertz CT molecular complexity index is 699. The van der Waals surface area contributed by atoms with Gasteiger partial charge in [-0.1, -0.05) is 0 Å². The van der Waals surface area contributed by atoms with E-state index >= 15 is 0 Å². The molecule has 0 radical (unpaired) electrons. The van der Waals surface area contributed by atoms with E-state index in [1.54, 1.807) is 12.4 Å². The predicted octanol–water partition coefficient (Wildman–Crippen LogP) is 0.570. The summed E-state index contributed by atoms with van der Waals surface area (Å²) < 4.78 is 0. The number of fused-ring (bicyclic) bond motifs is 2. The summed E-state index contributed by atoms with van der Waals surface area (Å²) in [7, 11) is 0. The minimum atomic E-state index is -0.532. The number of nitrogens with one attached hydrogen (secondary N) is 1. The summed E-state index contributed by atoms with van der Waals surface area (Å²) in [5.74, 6) is -0.344. The van der Waals surface area contributed by atoms with Gasteiger partial charge in [0.25, 0.3) is 5.91 Å². The Labute approximate surface area is 140 Å². The van der Waals surface area contributed by atoms with E-state index in [-0.39, 0.29) is 11.3 Å². The maximum Gasteiger partial charge on any atom is 0.276 e. The highest BCUT2D eigenvalue weighted by atomic mass is 16.5. The van der Waals surface area contributed by atoms with Gasteiger partial charge < -0.3 is 4.90 Å². The van der Waals surface area contributed by atoms with Gasteiger partial charge in [-0.05, 0) is 24.5 Å². The maximum absolute atomic E-state index is 11.7. The van der Waals surface area contributed by atoms with Crippen molar-refractivity contribution < 1.29 is 14.8 Å². The average Bonchev–Trinajstić information content (AvgIpc) is 3.09. The molecule has 24 heavy (non-hydrogen) atoms. The van der Waals surface area contributed by atoms with E-state index in [9.17, 15) is 9.59 Å². The molecule has 3 aliphatic heterocycles. The lowest BCUT2D eigenvalue weighted by molar-refractivity contribution is -0.128. The highest BCUT2D eigenvalue weighted by Gasteiger charge is 2.56. The number of amides is 2. The Kier molecular flexibility index (Phi) is 3.58. The van der Waals surface area contributed by atoms with Crippen LogP contribution in [0.3, 0.4) is 0 Å². The summed E-state index contributed by atoms with van der Waals surface area (Å²) in [6, 6.07) is 2.26. The lowest BCUT2D eigenvalue weighted by Gasteiger charge is -2.42. The molecule has 5 rings (SSSR count). The number of aromatic nitrogens is 1. The van der Waals surface area contributed by atoms with Crippen LogP contribution in [-0.2, 0) is 17.8 Å². The van der Waals surface area contributed by atoms with Crippen LogP contribution in [0.1, 0.15) is 41.4 Å². The Balaban J connectivity index is 1.45. The molecule has 3 fully saturated rings. The van der Waals surface area contributed by atoms with Crippen molar-refractivity contribution in [2.45, 2.75) is 38.8 Å². The van der Waals surface area contributed by atoms with Crippen LogP contribution in [-0.4, -0.2) is 57.5 Å². The van der Waals surface area contributed by atoms with Crippen LogP contribution < -0.4 is 5.48 Å². The van der Waals surface area contributed by atoms with Crippen molar-refractivity contribution in [3.63, 3.8) is 0 Å². The first kappa shape index (κ1) is 15.5. The molecule has 7 nitrogen and oxygen atoms in total. The SMILES string of the molecule is CC(=O)N1CC2(CN3CCc4ncc(C(=O)NO)cc4C3)CC1C2. The lowest BCUT2D eigenvalue weighted by atomic mass is 9.69. The van der Waals surface area contributed by atoms with Gasteiger partial charge in [0.1, 0.15) is 0 Å². The van der Waals surface area contributed by atoms with E-state index in [0.717, 1.165) is 56.7 Å². The Morgan fingerprint density at radius 3 is 2.92 bits per heavy atom. The number of rotatable bonds is 3. The van der Waals surface area contributed by atoms with Gasteiger partial charge >= 0.3 is 0 Å². The Morgan fingerprint density at radius 1 is 1.46 bits per heavy atom. The van der Waals surface area contributed by atoms with Crippen LogP contribution in [0.4, 0.5) is 0 Å². The average molecular weight is 330 g/mol. The summed E-state index contributed by atoms with van der Waals surface area (Å²) in [4.78, 5) is 32.0. The quantitative estimate of drug-likeness (QED) is 0.625. The van der Waals surface area contributed by atoms with Gasteiger partial charge in [-0.25, -0.2) is 5.48 Å². The van der Waals surface area contributed by atoms with Gasteiger partial charge in [-0.3, -0.25) is 24.7 Å². The summed E-state index contributed by atoms with van der Waals surface area (Å²) >= 11 is 0. The van der Waals surface area contributed by atoms with Crippen molar-refractivity contribution in [3.05, 3.63) is 29.1 Å². The summed E-state index contributed by atoms with van der Waals surface area (Å²) in [6.07, 6.45) is 4.60. The number of nitrogens with zero attached hydrogens (tertiary/aromatic N) is 3. The van der Waals surface area contributed by atoms with Crippen LogP contribution in [0.5, 0.6) is 0 Å². The molecule has 128 valence electrons. The number of carbonyl (C=O) groups is 2. The van der Waals surface area contributed by atoms with E-state index in [4.69, 9.17) is 5.21 Å². The minimum Gasteiger partial charge on any atom is -0.339 e. The van der Waals surface area contributed by atoms with E-state index < -0.39 is 5.91 Å². The predicted molar refractivity (Wildman–Crippen MR) is 85.3 cm³/mol. The van der Waals surface area contributed by atoms with Gasteiger partial charge in [-0.2, -0.15) is 0 Å². The molecular weight excluding hydrogens is 308 g/mol. The zero-order chi connectivity index (χ0) is 16.9. The number of carbonyl (C=O) groups excluding carboxylic acids is 2. The van der Waals surface area contributed by atoms with Crippen molar-refractivity contribution in [1.29, 1.82) is 0 Å². The molecule has 7 heteroatoms. The summed E-state index contributed by atoms with van der Waals surface area (Å²) in [5.41, 5.74) is 4.37. The zero-order valence-electron chi connectivity index (χ0n) is 13.8. The van der Waals surface area contributed by atoms with Crippen LogP contribution in [0.15, 0.2) is 12.3 Å². The second-order valence-electron chi connectivity index (χ2n) is 7.44. The molecule has 2 N–H and O–H groups in total. The highest BCUT2D eigenvalue weighted by Crippen LogP contribution is 2.52. The number of hydrogen-bond acceptors (Lipinski definition) is 5. The monoisotopic (exact) mass is 330 g/mol. The normalized spacial score (nSPS) is 28.2. The largest absolute Gasteiger partial charge is 0.339 e. The van der Waals surface area contributed by atoms with Crippen LogP contribution in [0.2, 0.25) is 0 Å². The van der Waals surface area contributed by atoms with Gasteiger partial charge in [0.2, 0.25) is 5.91 Å². The van der Waals surface area contributed by atoms with E-state index in [1.165, 1.54) is 6.20 Å². The first-order chi connectivity index (χ1) is 11.5. The molecule has 0 unspecified atom stereocenters. The highest BCUT2D eigenvalue weighted by molar-refractivity contribution is 5.93. The Morgan fingerprint density at radius 2 is 2.25 bits per heavy atom. The van der Waals surface area contributed by atoms with Crippen LogP contribution in [0.25, 0.3) is 0 Å². The fraction of sp³-hybridized carbons (Fsp3) is 0.588. The second-order valence-corrected chi connectivity index (χ2v) is 7.44. The molecule has 1 saturated carbocycles. The summed E-state index contributed by atoms with van der Waals surface area (Å²) in [5, 5.41) is 8.77. The van der Waals surface area contributed by atoms with Gasteiger partial charge in [0, 0.05) is 62.9 Å². The first-order valence-corrected chi connectivity index (χ1v) is 8.41. The number of hydrogen-bond donors (Lipinski definition) is 2. The van der Waals surface area contributed by atoms with Crippen molar-refractivity contribution in [2.24, 2.45) is 5.41 Å². The van der Waals surface area contributed by atoms with Gasteiger partial charge in [-0.15, -0.1) is 0 Å². The molecule has 2 saturated heterocycles. The summed E-state index contributed by atoms with van der Waals surface area (Å²) in [6.45, 7) is 5.25. The van der Waals surface area contributed by atoms with Crippen LogP contribution in [0, 0.1) is 5.41 Å². The smallest absolute Gasteiger partial charge is 0.276 e. The topological polar surface area (TPSA) is 85.8 Å². The fourth-order valence-corrected chi connectivity index (χ4v) is 4.61. The van der Waals surface area contributed by atoms with Gasteiger partial charge in [0.05, 0.1) is 5.56 Å². The molecule has 4 aliphatic rings. The molecular formula is C17H22N4O3. The molecule has 1 aromatic rings. The Hall–Kier alpha value is -1.99. The molecule has 2 amide bonds. The molecule has 0 atom stereocenters. The van der Waals surface area contributed by atoms with E-state index in [0.29, 0.717) is 11.6 Å². The van der Waals surface area contributed by atoms with Gasteiger partial charge in [0.15, 0.2) is 0 Å². The third kappa shape index (κ3) is 2.48. The van der Waals surface area contributed by atoms with E-state index in [1.807, 2.05) is 11.0 Å². The molecule has 4 heterocycles. The standard InChI is InChI=1S/C17H22N4O3/c1-11(22)21-10-17(5-14(21)6-17)9-20-3-2-15-13(8-20)4-12(7-18-15)16(23)19-24/h4,7,14,24H,2-3,5-6,8-10H2,1H3,(H,19,23). The molecule has 0 spiro atoms. The van der Waals surface area contributed by atoms with E-state index in [2.05, 4.69) is 9.88 Å². The third-order valence-corrected chi connectivity index (χ3v) is 5.73. The third-order valence-electron chi connectivity index (χ3n) is 5.73.